The summed E-state index contributed by atoms with van der Waals surface area (Å²) >= 11 is 5.33. The summed E-state index contributed by atoms with van der Waals surface area (Å²) in [6.45, 7) is 3.74. The molecule has 92 valence electrons. The van der Waals surface area contributed by atoms with Crippen molar-refractivity contribution in [2.24, 2.45) is 0 Å². The Hall–Kier alpha value is -1.94. The van der Waals surface area contributed by atoms with Crippen LogP contribution in [0.15, 0.2) is 24.3 Å². The standard InChI is InChI=1S/C13H11ClN2O2/c1-7-5-8(2)16-13(15-7)9-3-4-10(12(14)18)11(17)6-9/h3-6,17H,1-2H3. The fraction of sp³-hybridized carbons (Fsp3) is 0.154. The van der Waals surface area contributed by atoms with E-state index in [1.54, 1.807) is 6.07 Å². The Balaban J connectivity index is 2.52. The van der Waals surface area contributed by atoms with Crippen molar-refractivity contribution in [3.8, 4) is 17.1 Å². The molecule has 0 spiro atoms. The van der Waals surface area contributed by atoms with Crippen LogP contribution in [0.5, 0.6) is 5.75 Å². The molecular weight excluding hydrogens is 252 g/mol. The highest BCUT2D eigenvalue weighted by molar-refractivity contribution is 6.68. The summed E-state index contributed by atoms with van der Waals surface area (Å²) in [6, 6.07) is 6.41. The first-order chi connectivity index (χ1) is 8.47. The lowest BCUT2D eigenvalue weighted by molar-refractivity contribution is 0.107. The zero-order chi connectivity index (χ0) is 13.3. The van der Waals surface area contributed by atoms with E-state index in [0.717, 1.165) is 11.4 Å². The number of nitrogens with zero attached hydrogens (tertiary/aromatic N) is 2. The molecule has 0 unspecified atom stereocenters. The maximum absolute atomic E-state index is 11.0. The summed E-state index contributed by atoms with van der Waals surface area (Å²) < 4.78 is 0. The Morgan fingerprint density at radius 2 is 1.78 bits per heavy atom. The first-order valence-corrected chi connectivity index (χ1v) is 5.70. The van der Waals surface area contributed by atoms with Gasteiger partial charge >= 0.3 is 0 Å². The number of hydrogen-bond donors (Lipinski definition) is 1. The van der Waals surface area contributed by atoms with Crippen molar-refractivity contribution < 1.29 is 9.90 Å². The second kappa shape index (κ2) is 4.74. The highest BCUT2D eigenvalue weighted by Gasteiger charge is 2.11. The number of hydrogen-bond acceptors (Lipinski definition) is 4. The van der Waals surface area contributed by atoms with Crippen molar-refractivity contribution in [2.75, 3.05) is 0 Å². The number of phenols is 1. The lowest BCUT2D eigenvalue weighted by atomic mass is 10.1. The number of rotatable bonds is 2. The first kappa shape index (κ1) is 12.5. The van der Waals surface area contributed by atoms with E-state index in [1.807, 2.05) is 19.9 Å². The average molecular weight is 263 g/mol. The van der Waals surface area contributed by atoms with Crippen molar-refractivity contribution in [3.63, 3.8) is 0 Å². The molecule has 1 aromatic carbocycles. The van der Waals surface area contributed by atoms with Crippen LogP contribution < -0.4 is 0 Å². The molecule has 1 aromatic heterocycles. The molecule has 2 rings (SSSR count). The van der Waals surface area contributed by atoms with Crippen LogP contribution >= 0.6 is 11.6 Å². The van der Waals surface area contributed by atoms with E-state index in [2.05, 4.69) is 9.97 Å². The van der Waals surface area contributed by atoms with Gasteiger partial charge in [-0.25, -0.2) is 9.97 Å². The zero-order valence-corrected chi connectivity index (χ0v) is 10.7. The predicted molar refractivity (Wildman–Crippen MR) is 68.8 cm³/mol. The highest BCUT2D eigenvalue weighted by Crippen LogP contribution is 2.25. The van der Waals surface area contributed by atoms with Gasteiger partial charge in [-0.3, -0.25) is 4.79 Å². The van der Waals surface area contributed by atoms with E-state index >= 15 is 0 Å². The number of phenolic OH excluding ortho intramolecular Hbond substituents is 1. The third kappa shape index (κ3) is 2.49. The molecule has 0 aliphatic carbocycles. The third-order valence-electron chi connectivity index (χ3n) is 2.45. The lowest BCUT2D eigenvalue weighted by Gasteiger charge is -2.05. The smallest absolute Gasteiger partial charge is 0.256 e. The number of aryl methyl sites for hydroxylation is 2. The SMILES string of the molecule is Cc1cc(C)nc(-c2ccc(C(=O)Cl)c(O)c2)n1. The van der Waals surface area contributed by atoms with Gasteiger partial charge in [-0.15, -0.1) is 0 Å². The minimum absolute atomic E-state index is 0.0739. The van der Waals surface area contributed by atoms with Gasteiger partial charge in [0.2, 0.25) is 0 Å². The van der Waals surface area contributed by atoms with Crippen LogP contribution in [-0.4, -0.2) is 20.3 Å². The second-order valence-corrected chi connectivity index (χ2v) is 4.32. The second-order valence-electron chi connectivity index (χ2n) is 3.98. The molecule has 0 radical (unpaired) electrons. The molecule has 0 bridgehead atoms. The summed E-state index contributed by atoms with van der Waals surface area (Å²) in [7, 11) is 0. The maximum Gasteiger partial charge on any atom is 0.256 e. The summed E-state index contributed by atoms with van der Waals surface area (Å²) in [4.78, 5) is 19.6. The molecule has 5 heteroatoms. The predicted octanol–water partition coefficient (Wildman–Crippen LogP) is 2.85. The summed E-state index contributed by atoms with van der Waals surface area (Å²) in [5, 5.41) is 9.01. The largest absolute Gasteiger partial charge is 0.507 e. The molecule has 0 aliphatic heterocycles. The van der Waals surface area contributed by atoms with Crippen LogP contribution in [0, 0.1) is 13.8 Å². The van der Waals surface area contributed by atoms with Gasteiger partial charge in [0.25, 0.3) is 5.24 Å². The molecule has 0 saturated carbocycles. The molecular formula is C13H11ClN2O2. The molecule has 0 saturated heterocycles. The minimum atomic E-state index is -0.694. The van der Waals surface area contributed by atoms with Crippen LogP contribution in [0.2, 0.25) is 0 Å². The Morgan fingerprint density at radius 1 is 1.17 bits per heavy atom. The van der Waals surface area contributed by atoms with E-state index < -0.39 is 5.24 Å². The topological polar surface area (TPSA) is 63.1 Å². The first-order valence-electron chi connectivity index (χ1n) is 5.33. The quantitative estimate of drug-likeness (QED) is 0.846. The molecule has 0 aliphatic rings. The van der Waals surface area contributed by atoms with Crippen molar-refractivity contribution in [3.05, 3.63) is 41.2 Å². The van der Waals surface area contributed by atoms with Crippen molar-refractivity contribution in [1.82, 2.24) is 9.97 Å². The van der Waals surface area contributed by atoms with E-state index in [-0.39, 0.29) is 11.3 Å². The normalized spacial score (nSPS) is 10.4. The van der Waals surface area contributed by atoms with Gasteiger partial charge in [0.1, 0.15) is 5.75 Å². The van der Waals surface area contributed by atoms with Crippen LogP contribution in [-0.2, 0) is 0 Å². The van der Waals surface area contributed by atoms with Crippen molar-refractivity contribution in [2.45, 2.75) is 13.8 Å². The number of carbonyl (C=O) groups is 1. The van der Waals surface area contributed by atoms with Crippen LogP contribution in [0.4, 0.5) is 0 Å². The van der Waals surface area contributed by atoms with Gasteiger partial charge in [0.15, 0.2) is 5.82 Å². The van der Waals surface area contributed by atoms with Crippen molar-refractivity contribution >= 4 is 16.8 Å². The number of carbonyl (C=O) groups excluding carboxylic acids is 1. The Morgan fingerprint density at radius 3 is 2.28 bits per heavy atom. The van der Waals surface area contributed by atoms with Gasteiger partial charge in [0, 0.05) is 17.0 Å². The highest BCUT2D eigenvalue weighted by atomic mass is 35.5. The maximum atomic E-state index is 11.0. The summed E-state index contributed by atoms with van der Waals surface area (Å²) in [5.74, 6) is 0.339. The number of halogens is 1. The van der Waals surface area contributed by atoms with Gasteiger partial charge in [0.05, 0.1) is 5.56 Å². The van der Waals surface area contributed by atoms with Gasteiger partial charge in [-0.2, -0.15) is 0 Å². The minimum Gasteiger partial charge on any atom is -0.507 e. The Kier molecular flexibility index (Phi) is 3.30. The van der Waals surface area contributed by atoms with Gasteiger partial charge < -0.3 is 5.11 Å². The fourth-order valence-corrected chi connectivity index (χ4v) is 1.85. The monoisotopic (exact) mass is 262 g/mol. The molecule has 18 heavy (non-hydrogen) atoms. The summed E-state index contributed by atoms with van der Waals surface area (Å²) in [6.07, 6.45) is 0. The van der Waals surface area contributed by atoms with E-state index in [9.17, 15) is 9.90 Å². The lowest BCUT2D eigenvalue weighted by Crippen LogP contribution is -1.96. The van der Waals surface area contributed by atoms with E-state index in [0.29, 0.717) is 11.4 Å². The van der Waals surface area contributed by atoms with Crippen molar-refractivity contribution in [1.29, 1.82) is 0 Å². The fourth-order valence-electron chi connectivity index (χ4n) is 1.69. The van der Waals surface area contributed by atoms with E-state index in [1.165, 1.54) is 12.1 Å². The number of aromatic nitrogens is 2. The van der Waals surface area contributed by atoms with Crippen LogP contribution in [0.25, 0.3) is 11.4 Å². The van der Waals surface area contributed by atoms with Crippen LogP contribution in [0.1, 0.15) is 21.7 Å². The molecule has 0 fully saturated rings. The summed E-state index contributed by atoms with van der Waals surface area (Å²) in [5.41, 5.74) is 2.40. The molecule has 0 atom stereocenters. The molecule has 1 heterocycles. The molecule has 1 N–H and O–H groups in total. The van der Waals surface area contributed by atoms with Gasteiger partial charge in [-0.05, 0) is 43.6 Å². The number of aromatic hydroxyl groups is 1. The Labute approximate surface area is 109 Å². The molecule has 2 aromatic rings. The number of benzene rings is 1. The average Bonchev–Trinajstić information content (AvgIpc) is 2.26. The Bertz CT molecular complexity index is 606. The van der Waals surface area contributed by atoms with Gasteiger partial charge in [-0.1, -0.05) is 6.07 Å². The zero-order valence-electron chi connectivity index (χ0n) is 9.94. The van der Waals surface area contributed by atoms with E-state index in [4.69, 9.17) is 11.6 Å². The third-order valence-corrected chi connectivity index (χ3v) is 2.65. The molecule has 0 amide bonds. The van der Waals surface area contributed by atoms with Crippen LogP contribution in [0.3, 0.4) is 0 Å². The molecule has 4 nitrogen and oxygen atoms in total.